The lowest BCUT2D eigenvalue weighted by atomic mass is 9.77. The Kier molecular flexibility index (Phi) is 5.00. The first kappa shape index (κ1) is 14.8. The summed E-state index contributed by atoms with van der Waals surface area (Å²) in [5.41, 5.74) is 9.68. The van der Waals surface area contributed by atoms with Crippen molar-refractivity contribution in [2.24, 2.45) is 5.73 Å². The van der Waals surface area contributed by atoms with Crippen LogP contribution in [0.3, 0.4) is 0 Å². The van der Waals surface area contributed by atoms with E-state index in [1.807, 2.05) is 0 Å². The smallest absolute Gasteiger partial charge is 0.0429 e. The summed E-state index contributed by atoms with van der Waals surface area (Å²) in [6, 6.07) is 9.16. The van der Waals surface area contributed by atoms with E-state index in [1.165, 1.54) is 48.3 Å². The lowest BCUT2D eigenvalue weighted by Gasteiger charge is -2.36. The maximum atomic E-state index is 6.72. The Morgan fingerprint density at radius 1 is 1.20 bits per heavy atom. The minimum atomic E-state index is 0.203. The molecular weight excluding hydrogens is 282 g/mol. The molecule has 3 rings (SSSR count). The van der Waals surface area contributed by atoms with Gasteiger partial charge in [-0.2, -0.15) is 23.5 Å². The summed E-state index contributed by atoms with van der Waals surface area (Å²) >= 11 is 4.23. The quantitative estimate of drug-likeness (QED) is 0.881. The normalized spacial score (nSPS) is 28.9. The highest BCUT2D eigenvalue weighted by Crippen LogP contribution is 2.43. The number of hydrogen-bond donors (Lipinski definition) is 1. The fraction of sp³-hybridized carbons (Fsp3) is 0.647. The third kappa shape index (κ3) is 2.90. The van der Waals surface area contributed by atoms with Crippen molar-refractivity contribution in [2.45, 2.75) is 55.1 Å². The van der Waals surface area contributed by atoms with E-state index in [0.717, 1.165) is 11.2 Å². The first-order valence-electron chi connectivity index (χ1n) is 7.89. The highest BCUT2D eigenvalue weighted by molar-refractivity contribution is 8.07. The Labute approximate surface area is 131 Å². The Hall–Kier alpha value is -0.120. The van der Waals surface area contributed by atoms with Gasteiger partial charge in [-0.25, -0.2) is 0 Å². The summed E-state index contributed by atoms with van der Waals surface area (Å²) in [6.45, 7) is 2.31. The molecule has 0 aromatic heterocycles. The summed E-state index contributed by atoms with van der Waals surface area (Å²) in [7, 11) is 0. The van der Waals surface area contributed by atoms with Gasteiger partial charge in [0.25, 0.3) is 0 Å². The summed E-state index contributed by atoms with van der Waals surface area (Å²) in [5, 5.41) is 1.30. The van der Waals surface area contributed by atoms with Crippen LogP contribution in [0.4, 0.5) is 0 Å². The summed E-state index contributed by atoms with van der Waals surface area (Å²) in [6.07, 6.45) is 5.34. The average Bonchev–Trinajstić information content (AvgIpc) is 2.45. The Morgan fingerprint density at radius 3 is 2.65 bits per heavy atom. The molecule has 0 amide bonds. The molecule has 2 fully saturated rings. The zero-order chi connectivity index (χ0) is 13.9. The average molecular weight is 308 g/mol. The predicted octanol–water partition coefficient (Wildman–Crippen LogP) is 4.58. The van der Waals surface area contributed by atoms with Crippen molar-refractivity contribution in [3.8, 4) is 0 Å². The van der Waals surface area contributed by atoms with E-state index in [2.05, 4.69) is 54.7 Å². The van der Waals surface area contributed by atoms with Crippen LogP contribution in [0.5, 0.6) is 0 Å². The van der Waals surface area contributed by atoms with Gasteiger partial charge in [-0.3, -0.25) is 0 Å². The van der Waals surface area contributed by atoms with E-state index in [1.54, 1.807) is 0 Å². The molecule has 2 aliphatic rings. The topological polar surface area (TPSA) is 26.0 Å². The monoisotopic (exact) mass is 307 g/mol. The second-order valence-corrected chi connectivity index (χ2v) is 8.57. The number of benzene rings is 1. The molecule has 20 heavy (non-hydrogen) atoms. The SMILES string of the molecule is CCC1SCCSC1C(N)c1ccccc1C1CCC1. The first-order chi connectivity index (χ1) is 9.81. The second-order valence-electron chi connectivity index (χ2n) is 5.94. The van der Waals surface area contributed by atoms with Gasteiger partial charge in [0.15, 0.2) is 0 Å². The van der Waals surface area contributed by atoms with Gasteiger partial charge in [0.1, 0.15) is 0 Å². The van der Waals surface area contributed by atoms with Gasteiger partial charge >= 0.3 is 0 Å². The van der Waals surface area contributed by atoms with Gasteiger partial charge in [0.2, 0.25) is 0 Å². The highest BCUT2D eigenvalue weighted by atomic mass is 32.2. The van der Waals surface area contributed by atoms with Crippen molar-refractivity contribution in [1.82, 2.24) is 0 Å². The van der Waals surface area contributed by atoms with Crippen LogP contribution in [0.2, 0.25) is 0 Å². The highest BCUT2D eigenvalue weighted by Gasteiger charge is 2.33. The molecule has 3 unspecified atom stereocenters. The van der Waals surface area contributed by atoms with Crippen molar-refractivity contribution in [2.75, 3.05) is 11.5 Å². The van der Waals surface area contributed by atoms with E-state index in [-0.39, 0.29) is 6.04 Å². The summed E-state index contributed by atoms with van der Waals surface area (Å²) < 4.78 is 0. The molecule has 0 spiro atoms. The van der Waals surface area contributed by atoms with Crippen molar-refractivity contribution >= 4 is 23.5 Å². The third-order valence-electron chi connectivity index (χ3n) is 4.75. The van der Waals surface area contributed by atoms with Gasteiger partial charge in [0, 0.05) is 28.0 Å². The molecule has 1 aromatic rings. The standard InChI is InChI=1S/C17H25NS2/c1-2-15-17(20-11-10-19-15)16(18)14-9-4-3-8-13(14)12-6-5-7-12/h3-4,8-9,12,15-17H,2,5-7,10-11,18H2,1H3. The number of rotatable bonds is 4. The van der Waals surface area contributed by atoms with Crippen LogP contribution in [0.25, 0.3) is 0 Å². The molecule has 0 bridgehead atoms. The molecule has 1 aliphatic heterocycles. The van der Waals surface area contributed by atoms with Crippen LogP contribution in [-0.4, -0.2) is 22.0 Å². The van der Waals surface area contributed by atoms with Gasteiger partial charge in [-0.05, 0) is 36.3 Å². The van der Waals surface area contributed by atoms with Crippen LogP contribution < -0.4 is 5.73 Å². The molecule has 0 radical (unpaired) electrons. The minimum absolute atomic E-state index is 0.203. The second kappa shape index (κ2) is 6.76. The minimum Gasteiger partial charge on any atom is -0.323 e. The van der Waals surface area contributed by atoms with Crippen molar-refractivity contribution < 1.29 is 0 Å². The number of thioether (sulfide) groups is 2. The molecule has 3 atom stereocenters. The Balaban J connectivity index is 1.83. The molecule has 1 nitrogen and oxygen atoms in total. The van der Waals surface area contributed by atoms with E-state index in [9.17, 15) is 0 Å². The van der Waals surface area contributed by atoms with Gasteiger partial charge < -0.3 is 5.73 Å². The zero-order valence-electron chi connectivity index (χ0n) is 12.3. The van der Waals surface area contributed by atoms with Crippen LogP contribution in [0.15, 0.2) is 24.3 Å². The molecular formula is C17H25NS2. The maximum Gasteiger partial charge on any atom is 0.0429 e. The fourth-order valence-electron chi connectivity index (χ4n) is 3.35. The largest absolute Gasteiger partial charge is 0.323 e. The summed E-state index contributed by atoms with van der Waals surface area (Å²) in [5.74, 6) is 3.32. The number of hydrogen-bond acceptors (Lipinski definition) is 3. The molecule has 1 heterocycles. The van der Waals surface area contributed by atoms with E-state index in [0.29, 0.717) is 5.25 Å². The molecule has 1 aromatic carbocycles. The van der Waals surface area contributed by atoms with Crippen molar-refractivity contribution in [1.29, 1.82) is 0 Å². The molecule has 3 heteroatoms. The van der Waals surface area contributed by atoms with Crippen LogP contribution >= 0.6 is 23.5 Å². The van der Waals surface area contributed by atoms with E-state index < -0.39 is 0 Å². The molecule has 1 saturated carbocycles. The van der Waals surface area contributed by atoms with E-state index in [4.69, 9.17) is 5.73 Å². The third-order valence-corrected chi connectivity index (χ3v) is 8.12. The van der Waals surface area contributed by atoms with Crippen LogP contribution in [0.1, 0.15) is 55.7 Å². The van der Waals surface area contributed by atoms with Crippen LogP contribution in [0, 0.1) is 0 Å². The van der Waals surface area contributed by atoms with Crippen molar-refractivity contribution in [3.63, 3.8) is 0 Å². The van der Waals surface area contributed by atoms with E-state index >= 15 is 0 Å². The molecule has 2 N–H and O–H groups in total. The maximum absolute atomic E-state index is 6.72. The predicted molar refractivity (Wildman–Crippen MR) is 92.7 cm³/mol. The van der Waals surface area contributed by atoms with Gasteiger partial charge in [0.05, 0.1) is 0 Å². The lowest BCUT2D eigenvalue weighted by Crippen LogP contribution is -2.36. The summed E-state index contributed by atoms with van der Waals surface area (Å²) in [4.78, 5) is 0. The first-order valence-corrected chi connectivity index (χ1v) is 9.98. The molecule has 1 saturated heterocycles. The molecule has 1 aliphatic carbocycles. The lowest BCUT2D eigenvalue weighted by molar-refractivity contribution is 0.414. The van der Waals surface area contributed by atoms with Crippen LogP contribution in [-0.2, 0) is 0 Å². The fourth-order valence-corrected chi connectivity index (χ4v) is 6.53. The zero-order valence-corrected chi connectivity index (χ0v) is 13.9. The Bertz CT molecular complexity index is 444. The van der Waals surface area contributed by atoms with Crippen molar-refractivity contribution in [3.05, 3.63) is 35.4 Å². The molecule has 110 valence electrons. The Morgan fingerprint density at radius 2 is 1.95 bits per heavy atom. The number of nitrogens with two attached hydrogens (primary N) is 1. The van der Waals surface area contributed by atoms with Gasteiger partial charge in [-0.1, -0.05) is 37.6 Å². The van der Waals surface area contributed by atoms with Gasteiger partial charge in [-0.15, -0.1) is 0 Å².